The SMILES string of the molecule is Cl.O=C(NCC1(c2c(F)cccc2F)CCCC1)c1ccn(C2CCCNC2)n1. The molecule has 0 radical (unpaired) electrons. The smallest absolute Gasteiger partial charge is 0.271 e. The van der Waals surface area contributed by atoms with E-state index in [-0.39, 0.29) is 36.5 Å². The van der Waals surface area contributed by atoms with E-state index in [1.807, 2.05) is 10.9 Å². The zero-order chi connectivity index (χ0) is 19.6. The maximum Gasteiger partial charge on any atom is 0.271 e. The van der Waals surface area contributed by atoms with E-state index in [0.29, 0.717) is 18.5 Å². The minimum atomic E-state index is -0.694. The molecule has 1 aliphatic heterocycles. The molecule has 1 aliphatic carbocycles. The van der Waals surface area contributed by atoms with Crippen LogP contribution in [0.25, 0.3) is 0 Å². The number of nitrogens with zero attached hydrogens (tertiary/aromatic N) is 2. The zero-order valence-electron chi connectivity index (χ0n) is 16.3. The summed E-state index contributed by atoms with van der Waals surface area (Å²) in [6.45, 7) is 2.07. The molecule has 158 valence electrons. The quantitative estimate of drug-likeness (QED) is 0.768. The van der Waals surface area contributed by atoms with Crippen molar-refractivity contribution < 1.29 is 13.6 Å². The van der Waals surface area contributed by atoms with Crippen molar-refractivity contribution in [3.05, 3.63) is 53.4 Å². The lowest BCUT2D eigenvalue weighted by Crippen LogP contribution is -2.40. The first-order valence-electron chi connectivity index (χ1n) is 10.1. The van der Waals surface area contributed by atoms with Gasteiger partial charge in [-0.25, -0.2) is 8.78 Å². The minimum absolute atomic E-state index is 0. The molecule has 2 fully saturated rings. The van der Waals surface area contributed by atoms with E-state index in [1.54, 1.807) is 6.07 Å². The van der Waals surface area contributed by atoms with Crippen LogP contribution in [-0.2, 0) is 5.41 Å². The number of hydrogen-bond donors (Lipinski definition) is 2. The van der Waals surface area contributed by atoms with Crippen molar-refractivity contribution in [1.82, 2.24) is 20.4 Å². The van der Waals surface area contributed by atoms with Gasteiger partial charge < -0.3 is 10.6 Å². The Kier molecular flexibility index (Phi) is 6.90. The molecule has 1 amide bonds. The maximum absolute atomic E-state index is 14.4. The lowest BCUT2D eigenvalue weighted by molar-refractivity contribution is 0.0935. The van der Waals surface area contributed by atoms with Gasteiger partial charge in [0.15, 0.2) is 0 Å². The highest BCUT2D eigenvalue weighted by Crippen LogP contribution is 2.42. The number of halogens is 3. The first-order valence-corrected chi connectivity index (χ1v) is 10.1. The molecule has 1 saturated heterocycles. The number of carbonyl (C=O) groups is 1. The van der Waals surface area contributed by atoms with E-state index in [1.165, 1.54) is 18.2 Å². The van der Waals surface area contributed by atoms with Gasteiger partial charge >= 0.3 is 0 Å². The lowest BCUT2D eigenvalue weighted by atomic mass is 9.78. The lowest BCUT2D eigenvalue weighted by Gasteiger charge is -2.30. The molecule has 1 aromatic carbocycles. The normalized spacial score (nSPS) is 20.8. The monoisotopic (exact) mass is 424 g/mol. The molecule has 1 aromatic heterocycles. The van der Waals surface area contributed by atoms with Crippen LogP contribution in [0.3, 0.4) is 0 Å². The van der Waals surface area contributed by atoms with Crippen LogP contribution in [0, 0.1) is 11.6 Å². The summed E-state index contributed by atoms with van der Waals surface area (Å²) in [5, 5.41) is 10.6. The van der Waals surface area contributed by atoms with Gasteiger partial charge in [0.05, 0.1) is 6.04 Å². The summed E-state index contributed by atoms with van der Waals surface area (Å²) < 4.78 is 30.7. The zero-order valence-corrected chi connectivity index (χ0v) is 17.1. The van der Waals surface area contributed by atoms with Crippen LogP contribution in [0.5, 0.6) is 0 Å². The van der Waals surface area contributed by atoms with Crippen LogP contribution in [-0.4, -0.2) is 35.3 Å². The van der Waals surface area contributed by atoms with Gasteiger partial charge in [-0.2, -0.15) is 5.10 Å². The van der Waals surface area contributed by atoms with Crippen LogP contribution in [0.15, 0.2) is 30.5 Å². The number of nitrogens with one attached hydrogen (secondary N) is 2. The number of benzene rings is 1. The van der Waals surface area contributed by atoms with E-state index in [2.05, 4.69) is 15.7 Å². The van der Waals surface area contributed by atoms with Gasteiger partial charge in [0.1, 0.15) is 17.3 Å². The van der Waals surface area contributed by atoms with Crippen molar-refractivity contribution in [3.8, 4) is 0 Å². The summed E-state index contributed by atoms with van der Waals surface area (Å²) in [5.74, 6) is -1.37. The van der Waals surface area contributed by atoms with Gasteiger partial charge in [0, 0.05) is 30.3 Å². The molecule has 2 aliphatic rings. The van der Waals surface area contributed by atoms with Crippen molar-refractivity contribution in [2.45, 2.75) is 50.0 Å². The molecular weight excluding hydrogens is 398 g/mol. The van der Waals surface area contributed by atoms with Crippen molar-refractivity contribution >= 4 is 18.3 Å². The number of amides is 1. The standard InChI is InChI=1S/C21H26F2N4O.ClH/c22-16-6-3-7-17(23)19(16)21(9-1-2-10-21)14-25-20(28)18-8-12-27(26-18)15-5-4-11-24-13-15;/h3,6-8,12,15,24H,1-2,4-5,9-11,13-14H2,(H,25,28);1H. The Labute approximate surface area is 175 Å². The molecule has 2 heterocycles. The number of rotatable bonds is 5. The molecule has 4 rings (SSSR count). The highest BCUT2D eigenvalue weighted by molar-refractivity contribution is 5.92. The molecule has 2 aromatic rings. The van der Waals surface area contributed by atoms with Gasteiger partial charge in [-0.3, -0.25) is 9.48 Å². The summed E-state index contributed by atoms with van der Waals surface area (Å²) in [7, 11) is 0. The first kappa shape index (κ1) is 21.7. The number of aromatic nitrogens is 2. The summed E-state index contributed by atoms with van der Waals surface area (Å²) in [6, 6.07) is 5.92. The van der Waals surface area contributed by atoms with Gasteiger partial charge in [0.25, 0.3) is 5.91 Å². The topological polar surface area (TPSA) is 59.0 Å². The molecule has 1 atom stereocenters. The van der Waals surface area contributed by atoms with E-state index < -0.39 is 17.0 Å². The minimum Gasteiger partial charge on any atom is -0.350 e. The predicted molar refractivity (Wildman–Crippen MR) is 109 cm³/mol. The third-order valence-corrected chi connectivity index (χ3v) is 6.13. The second-order valence-electron chi connectivity index (χ2n) is 7.95. The number of carbonyl (C=O) groups excluding carboxylic acids is 1. The van der Waals surface area contributed by atoms with E-state index in [4.69, 9.17) is 0 Å². The second kappa shape index (κ2) is 9.22. The number of piperidine rings is 1. The molecule has 5 nitrogen and oxygen atoms in total. The van der Waals surface area contributed by atoms with Gasteiger partial charge in [0.2, 0.25) is 0 Å². The Morgan fingerprint density at radius 1 is 1.21 bits per heavy atom. The Balaban J connectivity index is 0.00000240. The average Bonchev–Trinajstić information content (AvgIpc) is 3.37. The molecule has 0 bridgehead atoms. The largest absolute Gasteiger partial charge is 0.350 e. The van der Waals surface area contributed by atoms with Crippen molar-refractivity contribution in [2.24, 2.45) is 0 Å². The molecule has 2 N–H and O–H groups in total. The maximum atomic E-state index is 14.4. The highest BCUT2D eigenvalue weighted by atomic mass is 35.5. The summed E-state index contributed by atoms with van der Waals surface area (Å²) in [5.41, 5.74) is -0.250. The van der Waals surface area contributed by atoms with E-state index in [0.717, 1.165) is 38.8 Å². The van der Waals surface area contributed by atoms with Crippen LogP contribution in [0.4, 0.5) is 8.78 Å². The third-order valence-electron chi connectivity index (χ3n) is 6.13. The third kappa shape index (κ3) is 4.46. The fourth-order valence-corrected chi connectivity index (χ4v) is 4.63. The summed E-state index contributed by atoms with van der Waals surface area (Å²) in [6.07, 6.45) is 7.06. The van der Waals surface area contributed by atoms with Crippen LogP contribution in [0.2, 0.25) is 0 Å². The fraction of sp³-hybridized carbons (Fsp3) is 0.524. The van der Waals surface area contributed by atoms with E-state index in [9.17, 15) is 13.6 Å². The highest BCUT2D eigenvalue weighted by Gasteiger charge is 2.40. The van der Waals surface area contributed by atoms with Crippen LogP contribution < -0.4 is 10.6 Å². The van der Waals surface area contributed by atoms with Crippen molar-refractivity contribution in [2.75, 3.05) is 19.6 Å². The Morgan fingerprint density at radius 3 is 2.59 bits per heavy atom. The predicted octanol–water partition coefficient (Wildman–Crippen LogP) is 3.75. The van der Waals surface area contributed by atoms with E-state index >= 15 is 0 Å². The van der Waals surface area contributed by atoms with Crippen molar-refractivity contribution in [1.29, 1.82) is 0 Å². The van der Waals surface area contributed by atoms with Gasteiger partial charge in [-0.05, 0) is 50.4 Å². The number of hydrogen-bond acceptors (Lipinski definition) is 3. The Bertz CT molecular complexity index is 825. The summed E-state index contributed by atoms with van der Waals surface area (Å²) in [4.78, 5) is 12.7. The molecule has 29 heavy (non-hydrogen) atoms. The van der Waals surface area contributed by atoms with Crippen molar-refractivity contribution in [3.63, 3.8) is 0 Å². The molecule has 1 saturated carbocycles. The Hall–Kier alpha value is -1.99. The van der Waals surface area contributed by atoms with Crippen LogP contribution >= 0.6 is 12.4 Å². The van der Waals surface area contributed by atoms with Gasteiger partial charge in [-0.1, -0.05) is 18.9 Å². The molecule has 1 unspecified atom stereocenters. The average molecular weight is 425 g/mol. The second-order valence-corrected chi connectivity index (χ2v) is 7.95. The Morgan fingerprint density at radius 2 is 1.93 bits per heavy atom. The van der Waals surface area contributed by atoms with Crippen LogP contribution in [0.1, 0.15) is 60.6 Å². The summed E-state index contributed by atoms with van der Waals surface area (Å²) >= 11 is 0. The molecule has 8 heteroatoms. The first-order chi connectivity index (χ1) is 13.6. The molecular formula is C21H27ClF2N4O. The van der Waals surface area contributed by atoms with Gasteiger partial charge in [-0.15, -0.1) is 12.4 Å². The molecule has 0 spiro atoms. The fourth-order valence-electron chi connectivity index (χ4n) is 4.63.